The third-order valence-corrected chi connectivity index (χ3v) is 6.21. The maximum Gasteiger partial charge on any atom is 0.0708 e. The van der Waals surface area contributed by atoms with Gasteiger partial charge in [-0.3, -0.25) is 0 Å². The van der Waals surface area contributed by atoms with Crippen LogP contribution in [0.15, 0.2) is 0 Å². The first-order chi connectivity index (χ1) is 9.22. The van der Waals surface area contributed by atoms with Gasteiger partial charge in [0.05, 0.1) is 11.7 Å². The van der Waals surface area contributed by atoms with Crippen molar-refractivity contribution in [2.45, 2.75) is 89.4 Å². The van der Waals surface area contributed by atoms with Crippen LogP contribution in [0.25, 0.3) is 0 Å². The molecule has 3 aliphatic rings. The minimum absolute atomic E-state index is 0.305. The first kappa shape index (κ1) is 13.9. The molecule has 1 spiro atoms. The molecule has 2 heteroatoms. The second kappa shape index (κ2) is 5.73. The van der Waals surface area contributed by atoms with E-state index in [-0.39, 0.29) is 0 Å². The molecule has 19 heavy (non-hydrogen) atoms. The van der Waals surface area contributed by atoms with Crippen molar-refractivity contribution in [1.29, 1.82) is 0 Å². The van der Waals surface area contributed by atoms with Crippen molar-refractivity contribution < 1.29 is 4.74 Å². The average molecular weight is 265 g/mol. The van der Waals surface area contributed by atoms with E-state index in [1.54, 1.807) is 0 Å². The third kappa shape index (κ3) is 2.85. The minimum Gasteiger partial charge on any atom is -0.370 e. The summed E-state index contributed by atoms with van der Waals surface area (Å²) in [6, 6.07) is 0.744. The molecular weight excluding hydrogens is 234 g/mol. The van der Waals surface area contributed by atoms with Crippen LogP contribution in [0.5, 0.6) is 0 Å². The lowest BCUT2D eigenvalue weighted by Crippen LogP contribution is -2.39. The van der Waals surface area contributed by atoms with Crippen LogP contribution in [0.1, 0.15) is 71.6 Å². The molecule has 2 aliphatic carbocycles. The molecule has 3 fully saturated rings. The van der Waals surface area contributed by atoms with Gasteiger partial charge < -0.3 is 10.1 Å². The predicted molar refractivity (Wildman–Crippen MR) is 79.3 cm³/mol. The highest BCUT2D eigenvalue weighted by molar-refractivity contribution is 4.94. The van der Waals surface area contributed by atoms with Crippen LogP contribution in [0, 0.1) is 11.8 Å². The van der Waals surface area contributed by atoms with Gasteiger partial charge in [-0.1, -0.05) is 33.1 Å². The normalized spacial score (nSPS) is 41.4. The summed E-state index contributed by atoms with van der Waals surface area (Å²) in [5, 5.41) is 3.82. The highest BCUT2D eigenvalue weighted by Gasteiger charge is 2.42. The van der Waals surface area contributed by atoms with E-state index in [0.717, 1.165) is 24.4 Å². The van der Waals surface area contributed by atoms with Gasteiger partial charge in [-0.05, 0) is 50.4 Å². The average Bonchev–Trinajstić information content (AvgIpc) is 3.11. The van der Waals surface area contributed by atoms with E-state index < -0.39 is 0 Å². The molecule has 2 saturated carbocycles. The lowest BCUT2D eigenvalue weighted by molar-refractivity contribution is -0.0362. The summed E-state index contributed by atoms with van der Waals surface area (Å²) in [6.45, 7) is 5.87. The van der Waals surface area contributed by atoms with E-state index in [1.165, 1.54) is 57.8 Å². The standard InChI is InChI=1S/C17H31NO/c1-3-14-6-7-16(13(14)2)18-12-15-8-11-17(19-15)9-4-5-10-17/h13-16,18H,3-12H2,1-2H3. The molecule has 4 unspecified atom stereocenters. The van der Waals surface area contributed by atoms with Crippen LogP contribution in [-0.4, -0.2) is 24.3 Å². The monoisotopic (exact) mass is 265 g/mol. The van der Waals surface area contributed by atoms with E-state index in [1.807, 2.05) is 0 Å². The summed E-state index contributed by atoms with van der Waals surface area (Å²) in [7, 11) is 0. The van der Waals surface area contributed by atoms with E-state index in [4.69, 9.17) is 4.74 Å². The molecule has 1 saturated heterocycles. The summed E-state index contributed by atoms with van der Waals surface area (Å²) in [4.78, 5) is 0. The summed E-state index contributed by atoms with van der Waals surface area (Å²) < 4.78 is 6.40. The fourth-order valence-corrected chi connectivity index (χ4v) is 4.82. The van der Waals surface area contributed by atoms with Crippen LogP contribution in [-0.2, 0) is 4.74 Å². The van der Waals surface area contributed by atoms with Crippen molar-refractivity contribution in [3.63, 3.8) is 0 Å². The second-order valence-corrected chi connectivity index (χ2v) is 7.29. The topological polar surface area (TPSA) is 21.3 Å². The number of ether oxygens (including phenoxy) is 1. The summed E-state index contributed by atoms with van der Waals surface area (Å²) in [6.07, 6.45) is 12.7. The Labute approximate surface area is 118 Å². The van der Waals surface area contributed by atoms with Crippen molar-refractivity contribution in [2.75, 3.05) is 6.54 Å². The molecule has 4 atom stereocenters. The number of rotatable bonds is 4. The highest BCUT2D eigenvalue weighted by atomic mass is 16.5. The second-order valence-electron chi connectivity index (χ2n) is 7.29. The zero-order valence-electron chi connectivity index (χ0n) is 12.8. The van der Waals surface area contributed by atoms with Gasteiger partial charge in [0.15, 0.2) is 0 Å². The summed E-state index contributed by atoms with van der Waals surface area (Å²) in [5.41, 5.74) is 0.305. The van der Waals surface area contributed by atoms with Crippen LogP contribution >= 0.6 is 0 Å². The molecule has 0 radical (unpaired) electrons. The molecule has 0 amide bonds. The highest BCUT2D eigenvalue weighted by Crippen LogP contribution is 2.43. The molecule has 0 aromatic rings. The number of hydrogen-bond donors (Lipinski definition) is 1. The smallest absolute Gasteiger partial charge is 0.0708 e. The van der Waals surface area contributed by atoms with E-state index in [2.05, 4.69) is 19.2 Å². The maximum atomic E-state index is 6.40. The number of hydrogen-bond acceptors (Lipinski definition) is 2. The zero-order chi connectivity index (χ0) is 13.3. The maximum absolute atomic E-state index is 6.40. The Morgan fingerprint density at radius 1 is 1.11 bits per heavy atom. The minimum atomic E-state index is 0.305. The fraction of sp³-hybridized carbons (Fsp3) is 1.00. The third-order valence-electron chi connectivity index (χ3n) is 6.21. The van der Waals surface area contributed by atoms with Crippen LogP contribution < -0.4 is 5.32 Å². The molecule has 0 bridgehead atoms. The molecule has 1 aliphatic heterocycles. The Morgan fingerprint density at radius 2 is 1.89 bits per heavy atom. The molecule has 0 aromatic heterocycles. The largest absolute Gasteiger partial charge is 0.370 e. The van der Waals surface area contributed by atoms with E-state index in [9.17, 15) is 0 Å². The molecule has 2 nitrogen and oxygen atoms in total. The summed E-state index contributed by atoms with van der Waals surface area (Å²) >= 11 is 0. The Balaban J connectivity index is 1.44. The molecule has 1 heterocycles. The van der Waals surface area contributed by atoms with E-state index in [0.29, 0.717) is 11.7 Å². The van der Waals surface area contributed by atoms with Crippen LogP contribution in [0.4, 0.5) is 0 Å². The van der Waals surface area contributed by atoms with Gasteiger partial charge in [0.1, 0.15) is 0 Å². The first-order valence-corrected chi connectivity index (χ1v) is 8.64. The van der Waals surface area contributed by atoms with Crippen molar-refractivity contribution >= 4 is 0 Å². The Hall–Kier alpha value is -0.0800. The molecular formula is C17H31NO. The van der Waals surface area contributed by atoms with Gasteiger partial charge in [0, 0.05) is 12.6 Å². The molecule has 3 rings (SSSR count). The summed E-state index contributed by atoms with van der Waals surface area (Å²) in [5.74, 6) is 1.80. The fourth-order valence-electron chi connectivity index (χ4n) is 4.82. The van der Waals surface area contributed by atoms with Crippen LogP contribution in [0.2, 0.25) is 0 Å². The lowest BCUT2D eigenvalue weighted by atomic mass is 9.93. The molecule has 1 N–H and O–H groups in total. The van der Waals surface area contributed by atoms with Gasteiger partial charge >= 0.3 is 0 Å². The van der Waals surface area contributed by atoms with Gasteiger partial charge in [0.25, 0.3) is 0 Å². The van der Waals surface area contributed by atoms with Gasteiger partial charge in [0.2, 0.25) is 0 Å². The Morgan fingerprint density at radius 3 is 2.58 bits per heavy atom. The zero-order valence-corrected chi connectivity index (χ0v) is 12.8. The SMILES string of the molecule is CCC1CCC(NCC2CCC3(CCCC3)O2)C1C. The van der Waals surface area contributed by atoms with Crippen molar-refractivity contribution in [1.82, 2.24) is 5.32 Å². The first-order valence-electron chi connectivity index (χ1n) is 8.64. The van der Waals surface area contributed by atoms with Crippen molar-refractivity contribution in [3.05, 3.63) is 0 Å². The number of nitrogens with one attached hydrogen (secondary N) is 1. The Kier molecular flexibility index (Phi) is 4.19. The predicted octanol–water partition coefficient (Wildman–Crippen LogP) is 3.89. The van der Waals surface area contributed by atoms with Crippen LogP contribution in [0.3, 0.4) is 0 Å². The molecule has 0 aromatic carbocycles. The quantitative estimate of drug-likeness (QED) is 0.832. The van der Waals surface area contributed by atoms with Gasteiger partial charge in [-0.15, -0.1) is 0 Å². The Bertz CT molecular complexity index is 298. The van der Waals surface area contributed by atoms with Crippen molar-refractivity contribution in [2.24, 2.45) is 11.8 Å². The van der Waals surface area contributed by atoms with E-state index >= 15 is 0 Å². The van der Waals surface area contributed by atoms with Crippen molar-refractivity contribution in [3.8, 4) is 0 Å². The lowest BCUT2D eigenvalue weighted by Gasteiger charge is -2.26. The van der Waals surface area contributed by atoms with Gasteiger partial charge in [-0.25, -0.2) is 0 Å². The van der Waals surface area contributed by atoms with Gasteiger partial charge in [-0.2, -0.15) is 0 Å². The molecule has 110 valence electrons.